The van der Waals surface area contributed by atoms with Gasteiger partial charge in [-0.15, -0.1) is 10.2 Å². The van der Waals surface area contributed by atoms with E-state index in [4.69, 9.17) is 5.26 Å². The lowest BCUT2D eigenvalue weighted by molar-refractivity contribution is -0.120. The van der Waals surface area contributed by atoms with Gasteiger partial charge in [-0.25, -0.2) is 4.79 Å². The zero-order chi connectivity index (χ0) is 16.1. The van der Waals surface area contributed by atoms with Crippen molar-refractivity contribution in [2.75, 3.05) is 5.32 Å². The molecule has 8 heteroatoms. The summed E-state index contributed by atoms with van der Waals surface area (Å²) in [6.07, 6.45) is 1.25. The summed E-state index contributed by atoms with van der Waals surface area (Å²) in [6, 6.07) is 6.60. The fraction of sp³-hybridized carbons (Fsp3) is 0.214. The third kappa shape index (κ3) is 3.67. The molecule has 8 nitrogen and oxygen atoms in total. The molecule has 22 heavy (non-hydrogen) atoms. The topological polar surface area (TPSA) is 113 Å². The molecule has 0 aliphatic rings. The molecule has 0 radical (unpaired) electrons. The van der Waals surface area contributed by atoms with E-state index in [9.17, 15) is 9.59 Å². The Bertz CT molecular complexity index is 759. The van der Waals surface area contributed by atoms with Crippen molar-refractivity contribution in [3.8, 4) is 6.07 Å². The van der Waals surface area contributed by atoms with Crippen LogP contribution in [0.1, 0.15) is 17.0 Å². The Morgan fingerprint density at radius 3 is 2.77 bits per heavy atom. The molecular weight excluding hydrogens is 284 g/mol. The van der Waals surface area contributed by atoms with Crippen LogP contribution >= 0.6 is 0 Å². The molecule has 0 bridgehead atoms. The van der Waals surface area contributed by atoms with E-state index in [1.165, 1.54) is 10.9 Å². The third-order valence-corrected chi connectivity index (χ3v) is 3.05. The average Bonchev–Trinajstić information content (AvgIpc) is 2.89. The van der Waals surface area contributed by atoms with Crippen LogP contribution in [0.4, 0.5) is 10.5 Å². The molecule has 0 aliphatic carbocycles. The summed E-state index contributed by atoms with van der Waals surface area (Å²) in [5.41, 5.74) is 2.74. The summed E-state index contributed by atoms with van der Waals surface area (Å²) >= 11 is 0. The minimum absolute atomic E-state index is 0.00437. The van der Waals surface area contributed by atoms with Crippen LogP contribution in [0, 0.1) is 25.2 Å². The van der Waals surface area contributed by atoms with Gasteiger partial charge >= 0.3 is 6.03 Å². The molecule has 0 aliphatic heterocycles. The minimum atomic E-state index is -0.639. The third-order valence-electron chi connectivity index (χ3n) is 3.05. The zero-order valence-electron chi connectivity index (χ0n) is 12.1. The second-order valence-electron chi connectivity index (χ2n) is 4.70. The summed E-state index contributed by atoms with van der Waals surface area (Å²) < 4.78 is 1.25. The van der Waals surface area contributed by atoms with E-state index in [-0.39, 0.29) is 12.4 Å². The van der Waals surface area contributed by atoms with Crippen molar-refractivity contribution in [1.82, 2.24) is 20.1 Å². The number of imide groups is 1. The lowest BCUT2D eigenvalue weighted by atomic mass is 10.1. The van der Waals surface area contributed by atoms with E-state index in [1.54, 1.807) is 12.1 Å². The molecule has 0 spiro atoms. The summed E-state index contributed by atoms with van der Waals surface area (Å²) in [7, 11) is 0. The zero-order valence-corrected chi connectivity index (χ0v) is 12.1. The van der Waals surface area contributed by atoms with Crippen LogP contribution in [0.5, 0.6) is 0 Å². The van der Waals surface area contributed by atoms with Gasteiger partial charge in [-0.3, -0.25) is 14.7 Å². The lowest BCUT2D eigenvalue weighted by Gasteiger charge is -2.09. The van der Waals surface area contributed by atoms with Gasteiger partial charge in [0.2, 0.25) is 11.7 Å². The molecule has 3 amide bonds. The summed E-state index contributed by atoms with van der Waals surface area (Å²) in [4.78, 5) is 23.5. The molecule has 0 unspecified atom stereocenters. The standard InChI is InChI=1S/C14H14N6O2/c1-9-3-4-11(5-10(9)2)17-14(22)18-13(21)7-20-8-16-19-12(20)6-15/h3-5,8H,7H2,1-2H3,(H2,17,18,21,22). The smallest absolute Gasteiger partial charge is 0.308 e. The molecule has 1 aromatic heterocycles. The van der Waals surface area contributed by atoms with Gasteiger partial charge < -0.3 is 5.32 Å². The maximum atomic E-state index is 11.8. The fourth-order valence-corrected chi connectivity index (χ4v) is 1.76. The predicted molar refractivity (Wildman–Crippen MR) is 77.8 cm³/mol. The Morgan fingerprint density at radius 2 is 2.09 bits per heavy atom. The molecule has 0 saturated carbocycles. The Labute approximate surface area is 126 Å². The average molecular weight is 298 g/mol. The van der Waals surface area contributed by atoms with E-state index >= 15 is 0 Å². The van der Waals surface area contributed by atoms with Gasteiger partial charge in [0, 0.05) is 5.69 Å². The highest BCUT2D eigenvalue weighted by Gasteiger charge is 2.11. The molecule has 2 aromatic rings. The number of rotatable bonds is 3. The second kappa shape index (κ2) is 6.49. The van der Waals surface area contributed by atoms with E-state index in [0.29, 0.717) is 5.69 Å². The molecule has 112 valence electrons. The van der Waals surface area contributed by atoms with Crippen LogP contribution in [-0.4, -0.2) is 26.7 Å². The monoisotopic (exact) mass is 298 g/mol. The Balaban J connectivity index is 1.93. The Hall–Kier alpha value is -3.21. The van der Waals surface area contributed by atoms with Gasteiger partial charge in [0.1, 0.15) is 18.9 Å². The predicted octanol–water partition coefficient (Wildman–Crippen LogP) is 1.11. The highest BCUT2D eigenvalue weighted by Crippen LogP contribution is 2.13. The number of nitriles is 1. The largest absolute Gasteiger partial charge is 0.325 e. The Morgan fingerprint density at radius 1 is 1.32 bits per heavy atom. The first-order valence-corrected chi connectivity index (χ1v) is 6.45. The van der Waals surface area contributed by atoms with E-state index in [2.05, 4.69) is 20.8 Å². The molecule has 1 heterocycles. The summed E-state index contributed by atoms with van der Waals surface area (Å²) in [5.74, 6) is -0.567. The van der Waals surface area contributed by atoms with E-state index in [1.807, 2.05) is 26.0 Å². The summed E-state index contributed by atoms with van der Waals surface area (Å²) in [6.45, 7) is 3.68. The molecule has 0 atom stereocenters. The first kappa shape index (κ1) is 15.2. The molecular formula is C14H14N6O2. The van der Waals surface area contributed by atoms with Crippen LogP contribution in [0.25, 0.3) is 0 Å². The van der Waals surface area contributed by atoms with Crippen molar-refractivity contribution in [2.24, 2.45) is 0 Å². The molecule has 1 aromatic carbocycles. The SMILES string of the molecule is Cc1ccc(NC(=O)NC(=O)Cn2cnnc2C#N)cc1C. The highest BCUT2D eigenvalue weighted by atomic mass is 16.2. The number of carbonyl (C=O) groups is 2. The number of carbonyl (C=O) groups excluding carboxylic acids is 2. The number of benzene rings is 1. The lowest BCUT2D eigenvalue weighted by Crippen LogP contribution is -2.36. The number of hydrogen-bond acceptors (Lipinski definition) is 5. The van der Waals surface area contributed by atoms with Crippen molar-refractivity contribution in [1.29, 1.82) is 5.26 Å². The van der Waals surface area contributed by atoms with Gasteiger partial charge in [0.25, 0.3) is 0 Å². The minimum Gasteiger partial charge on any atom is -0.308 e. The fourth-order valence-electron chi connectivity index (χ4n) is 1.76. The van der Waals surface area contributed by atoms with Gasteiger partial charge in [-0.1, -0.05) is 6.07 Å². The summed E-state index contributed by atoms with van der Waals surface area (Å²) in [5, 5.41) is 20.6. The quantitative estimate of drug-likeness (QED) is 0.881. The number of aryl methyl sites for hydroxylation is 2. The second-order valence-corrected chi connectivity index (χ2v) is 4.70. The number of aromatic nitrogens is 3. The van der Waals surface area contributed by atoms with Crippen molar-refractivity contribution in [3.05, 3.63) is 41.5 Å². The van der Waals surface area contributed by atoms with Gasteiger partial charge in [-0.2, -0.15) is 5.26 Å². The molecule has 0 saturated heterocycles. The number of nitrogens with one attached hydrogen (secondary N) is 2. The van der Waals surface area contributed by atoms with Crippen molar-refractivity contribution in [3.63, 3.8) is 0 Å². The van der Waals surface area contributed by atoms with Crippen LogP contribution in [0.2, 0.25) is 0 Å². The van der Waals surface area contributed by atoms with Crippen LogP contribution < -0.4 is 10.6 Å². The van der Waals surface area contributed by atoms with Crippen LogP contribution in [0.3, 0.4) is 0 Å². The van der Waals surface area contributed by atoms with Crippen molar-refractivity contribution < 1.29 is 9.59 Å². The van der Waals surface area contributed by atoms with Gasteiger partial charge in [0.15, 0.2) is 0 Å². The van der Waals surface area contributed by atoms with Gasteiger partial charge in [-0.05, 0) is 37.1 Å². The van der Waals surface area contributed by atoms with E-state index in [0.717, 1.165) is 11.1 Å². The number of urea groups is 1. The molecule has 2 N–H and O–H groups in total. The maximum absolute atomic E-state index is 11.8. The number of anilines is 1. The first-order chi connectivity index (χ1) is 10.5. The van der Waals surface area contributed by atoms with Gasteiger partial charge in [0.05, 0.1) is 0 Å². The number of hydrogen-bond donors (Lipinski definition) is 2. The van der Waals surface area contributed by atoms with Crippen LogP contribution in [-0.2, 0) is 11.3 Å². The first-order valence-electron chi connectivity index (χ1n) is 6.45. The van der Waals surface area contributed by atoms with E-state index < -0.39 is 11.9 Å². The molecule has 0 fully saturated rings. The maximum Gasteiger partial charge on any atom is 0.325 e. The normalized spacial score (nSPS) is 9.86. The Kier molecular flexibility index (Phi) is 4.48. The molecule has 2 rings (SSSR count). The highest BCUT2D eigenvalue weighted by molar-refractivity contribution is 6.01. The van der Waals surface area contributed by atoms with Crippen molar-refractivity contribution in [2.45, 2.75) is 20.4 Å². The number of nitrogens with zero attached hydrogens (tertiary/aromatic N) is 4. The van der Waals surface area contributed by atoms with Crippen LogP contribution in [0.15, 0.2) is 24.5 Å². The number of amides is 3. The van der Waals surface area contributed by atoms with Crippen molar-refractivity contribution >= 4 is 17.6 Å².